The third-order valence-electron chi connectivity index (χ3n) is 3.77. The fourth-order valence-corrected chi connectivity index (χ4v) is 2.72. The highest BCUT2D eigenvalue weighted by Gasteiger charge is 2.13. The molecule has 0 radical (unpaired) electrons. The van der Waals surface area contributed by atoms with E-state index in [1.807, 2.05) is 25.1 Å². The van der Waals surface area contributed by atoms with E-state index in [-0.39, 0.29) is 6.61 Å². The van der Waals surface area contributed by atoms with Gasteiger partial charge in [-0.25, -0.2) is 0 Å². The fraction of sp³-hybridized carbons (Fsp3) is 0.389. The molecule has 3 nitrogen and oxygen atoms in total. The van der Waals surface area contributed by atoms with E-state index in [9.17, 15) is 5.11 Å². The van der Waals surface area contributed by atoms with Crippen molar-refractivity contribution in [1.29, 1.82) is 0 Å². The van der Waals surface area contributed by atoms with Crippen LogP contribution in [-0.2, 0) is 13.0 Å². The summed E-state index contributed by atoms with van der Waals surface area (Å²) in [5.74, 6) is 0.862. The summed E-state index contributed by atoms with van der Waals surface area (Å²) in [5.41, 5.74) is 6.52. The van der Waals surface area contributed by atoms with Crippen molar-refractivity contribution in [2.24, 2.45) is 0 Å². The maximum atomic E-state index is 9.42. The average Bonchev–Trinajstić information content (AvgIpc) is 2.49. The molecule has 112 valence electrons. The third-order valence-corrected chi connectivity index (χ3v) is 3.77. The standard InChI is InChI=1S/C18H23NO2/c1-5-6-17-13(3)19-14(11-20)10-18(17)16-8-7-15(21-4)9-12(16)2/h7-10,20H,5-6,11H2,1-4H3. The predicted octanol–water partition coefficient (Wildman–Crippen LogP) is 3.82. The Balaban J connectivity index is 2.63. The number of aliphatic hydroxyl groups excluding tert-OH is 1. The highest BCUT2D eigenvalue weighted by atomic mass is 16.5. The zero-order valence-electron chi connectivity index (χ0n) is 13.2. The molecule has 0 aliphatic rings. The summed E-state index contributed by atoms with van der Waals surface area (Å²) in [5, 5.41) is 9.42. The first-order valence-electron chi connectivity index (χ1n) is 7.36. The molecule has 3 heteroatoms. The van der Waals surface area contributed by atoms with Crippen LogP contribution in [0, 0.1) is 13.8 Å². The maximum absolute atomic E-state index is 9.42. The van der Waals surface area contributed by atoms with Crippen molar-refractivity contribution >= 4 is 0 Å². The summed E-state index contributed by atoms with van der Waals surface area (Å²) in [6, 6.07) is 8.11. The molecule has 1 N–H and O–H groups in total. The summed E-state index contributed by atoms with van der Waals surface area (Å²) in [4.78, 5) is 4.49. The highest BCUT2D eigenvalue weighted by molar-refractivity contribution is 5.72. The van der Waals surface area contributed by atoms with Crippen molar-refractivity contribution in [3.05, 3.63) is 46.8 Å². The van der Waals surface area contributed by atoms with Gasteiger partial charge >= 0.3 is 0 Å². The molecular formula is C18H23NO2. The van der Waals surface area contributed by atoms with Crippen LogP contribution in [0.5, 0.6) is 5.75 Å². The number of aryl methyl sites for hydroxylation is 2. The van der Waals surface area contributed by atoms with Gasteiger partial charge in [-0.3, -0.25) is 4.98 Å². The molecule has 0 bridgehead atoms. The topological polar surface area (TPSA) is 42.4 Å². The maximum Gasteiger partial charge on any atom is 0.119 e. The van der Waals surface area contributed by atoms with E-state index in [2.05, 4.69) is 24.9 Å². The lowest BCUT2D eigenvalue weighted by molar-refractivity contribution is 0.276. The van der Waals surface area contributed by atoms with Gasteiger partial charge in [0.2, 0.25) is 0 Å². The first kappa shape index (κ1) is 15.5. The number of rotatable bonds is 5. The van der Waals surface area contributed by atoms with Gasteiger partial charge in [0.15, 0.2) is 0 Å². The van der Waals surface area contributed by atoms with E-state index < -0.39 is 0 Å². The first-order valence-corrected chi connectivity index (χ1v) is 7.36. The van der Waals surface area contributed by atoms with Crippen LogP contribution >= 0.6 is 0 Å². The lowest BCUT2D eigenvalue weighted by atomic mass is 9.92. The van der Waals surface area contributed by atoms with Gasteiger partial charge in [0, 0.05) is 5.69 Å². The average molecular weight is 285 g/mol. The second-order valence-corrected chi connectivity index (χ2v) is 5.31. The van der Waals surface area contributed by atoms with E-state index in [0.29, 0.717) is 0 Å². The van der Waals surface area contributed by atoms with Crippen molar-refractivity contribution in [1.82, 2.24) is 4.98 Å². The summed E-state index contributed by atoms with van der Waals surface area (Å²) in [6.07, 6.45) is 2.06. The Morgan fingerprint density at radius 3 is 2.48 bits per heavy atom. The molecule has 0 fully saturated rings. The number of nitrogens with zero attached hydrogens (tertiary/aromatic N) is 1. The van der Waals surface area contributed by atoms with Gasteiger partial charge in [0.25, 0.3) is 0 Å². The Morgan fingerprint density at radius 1 is 1.14 bits per heavy atom. The van der Waals surface area contributed by atoms with Crippen molar-refractivity contribution in [2.45, 2.75) is 40.2 Å². The molecule has 0 spiro atoms. The molecule has 1 aromatic carbocycles. The van der Waals surface area contributed by atoms with Crippen LogP contribution in [-0.4, -0.2) is 17.2 Å². The van der Waals surface area contributed by atoms with Crippen LogP contribution in [0.25, 0.3) is 11.1 Å². The molecule has 1 aromatic heterocycles. The largest absolute Gasteiger partial charge is 0.497 e. The number of aromatic nitrogens is 1. The highest BCUT2D eigenvalue weighted by Crippen LogP contribution is 2.32. The molecule has 0 unspecified atom stereocenters. The molecule has 21 heavy (non-hydrogen) atoms. The van der Waals surface area contributed by atoms with Gasteiger partial charge in [-0.2, -0.15) is 0 Å². The van der Waals surface area contributed by atoms with E-state index in [1.54, 1.807) is 7.11 Å². The van der Waals surface area contributed by atoms with Crippen LogP contribution in [0.2, 0.25) is 0 Å². The molecule has 0 aliphatic heterocycles. The molecule has 0 atom stereocenters. The van der Waals surface area contributed by atoms with Crippen molar-refractivity contribution in [3.63, 3.8) is 0 Å². The second-order valence-electron chi connectivity index (χ2n) is 5.31. The number of ether oxygens (including phenoxy) is 1. The van der Waals surface area contributed by atoms with E-state index in [0.717, 1.165) is 30.0 Å². The Morgan fingerprint density at radius 2 is 1.90 bits per heavy atom. The third kappa shape index (κ3) is 3.24. The summed E-state index contributed by atoms with van der Waals surface area (Å²) in [6.45, 7) is 6.24. The Hall–Kier alpha value is -1.87. The quantitative estimate of drug-likeness (QED) is 0.908. The molecule has 1 heterocycles. The predicted molar refractivity (Wildman–Crippen MR) is 85.6 cm³/mol. The number of aliphatic hydroxyl groups is 1. The molecule has 0 amide bonds. The molecule has 0 saturated carbocycles. The summed E-state index contributed by atoms with van der Waals surface area (Å²) < 4.78 is 5.28. The number of hydrogen-bond acceptors (Lipinski definition) is 3. The zero-order valence-corrected chi connectivity index (χ0v) is 13.2. The number of hydrogen-bond donors (Lipinski definition) is 1. The smallest absolute Gasteiger partial charge is 0.119 e. The molecule has 2 rings (SSSR count). The van der Waals surface area contributed by atoms with Crippen molar-refractivity contribution in [2.75, 3.05) is 7.11 Å². The van der Waals surface area contributed by atoms with Gasteiger partial charge in [0.1, 0.15) is 5.75 Å². The first-order chi connectivity index (χ1) is 10.1. The lowest BCUT2D eigenvalue weighted by Gasteiger charge is -2.16. The summed E-state index contributed by atoms with van der Waals surface area (Å²) in [7, 11) is 1.68. The van der Waals surface area contributed by atoms with Crippen molar-refractivity contribution in [3.8, 4) is 16.9 Å². The van der Waals surface area contributed by atoms with Crippen LogP contribution in [0.3, 0.4) is 0 Å². The normalized spacial score (nSPS) is 10.7. The van der Waals surface area contributed by atoms with Crippen LogP contribution < -0.4 is 4.74 Å². The number of pyridine rings is 1. The zero-order chi connectivity index (χ0) is 15.4. The molecule has 0 saturated heterocycles. The van der Waals surface area contributed by atoms with Gasteiger partial charge in [-0.1, -0.05) is 19.4 Å². The molecule has 2 aromatic rings. The lowest BCUT2D eigenvalue weighted by Crippen LogP contribution is -2.02. The Bertz CT molecular complexity index is 635. The molecular weight excluding hydrogens is 262 g/mol. The van der Waals surface area contributed by atoms with Crippen LogP contribution in [0.4, 0.5) is 0 Å². The number of methoxy groups -OCH3 is 1. The van der Waals surface area contributed by atoms with Gasteiger partial charge < -0.3 is 9.84 Å². The Labute approximate surface area is 126 Å². The molecule has 0 aliphatic carbocycles. The van der Waals surface area contributed by atoms with Crippen LogP contribution in [0.1, 0.15) is 35.9 Å². The minimum atomic E-state index is -0.0323. The van der Waals surface area contributed by atoms with E-state index in [1.165, 1.54) is 22.3 Å². The van der Waals surface area contributed by atoms with Gasteiger partial charge in [0.05, 0.1) is 19.4 Å². The number of benzene rings is 1. The second kappa shape index (κ2) is 6.72. The monoisotopic (exact) mass is 285 g/mol. The van der Waals surface area contributed by atoms with E-state index in [4.69, 9.17) is 4.74 Å². The van der Waals surface area contributed by atoms with Gasteiger partial charge in [-0.05, 0) is 60.7 Å². The minimum Gasteiger partial charge on any atom is -0.497 e. The Kier molecular flexibility index (Phi) is 4.97. The fourth-order valence-electron chi connectivity index (χ4n) is 2.72. The van der Waals surface area contributed by atoms with Crippen molar-refractivity contribution < 1.29 is 9.84 Å². The van der Waals surface area contributed by atoms with E-state index >= 15 is 0 Å². The van der Waals surface area contributed by atoms with Crippen LogP contribution in [0.15, 0.2) is 24.3 Å². The minimum absolute atomic E-state index is 0.0323. The SMILES string of the molecule is CCCc1c(-c2ccc(OC)cc2C)cc(CO)nc1C. The summed E-state index contributed by atoms with van der Waals surface area (Å²) >= 11 is 0. The van der Waals surface area contributed by atoms with Gasteiger partial charge in [-0.15, -0.1) is 0 Å².